The molecule has 0 spiro atoms. The van der Waals surface area contributed by atoms with Gasteiger partial charge in [-0.3, -0.25) is 4.79 Å². The number of hydrogen-bond acceptors (Lipinski definition) is 3. The van der Waals surface area contributed by atoms with Crippen LogP contribution in [0, 0.1) is 5.82 Å². The first-order chi connectivity index (χ1) is 13.7. The van der Waals surface area contributed by atoms with Gasteiger partial charge in [0.05, 0.1) is 11.3 Å². The molecule has 2 aliphatic rings. The van der Waals surface area contributed by atoms with Crippen molar-refractivity contribution in [2.24, 2.45) is 0 Å². The smallest absolute Gasteiger partial charge is 0.328 e. The van der Waals surface area contributed by atoms with Crippen LogP contribution in [0.2, 0.25) is 0 Å². The number of allylic oxidation sites excluding steroid dienone is 1. The first-order valence-corrected chi connectivity index (χ1v) is 9.03. The molecule has 0 aliphatic carbocycles. The third-order valence-corrected chi connectivity index (χ3v) is 4.88. The number of ether oxygens (including phenoxy) is 1. The maximum Gasteiger partial charge on any atom is 0.328 e. The minimum absolute atomic E-state index is 0.341. The van der Waals surface area contributed by atoms with Crippen molar-refractivity contribution in [1.82, 2.24) is 0 Å². The van der Waals surface area contributed by atoms with E-state index >= 15 is 0 Å². The third-order valence-electron chi connectivity index (χ3n) is 4.88. The average Bonchev–Trinajstić information content (AvgIpc) is 3.14. The Morgan fingerprint density at radius 2 is 2.00 bits per heavy atom. The van der Waals surface area contributed by atoms with E-state index in [0.717, 1.165) is 22.8 Å². The summed E-state index contributed by atoms with van der Waals surface area (Å²) in [6, 6.07) is 11.6. The Bertz CT molecular complexity index is 1140. The molecule has 2 aromatic carbocycles. The summed E-state index contributed by atoms with van der Waals surface area (Å²) in [6.07, 6.45) is 4.41. The largest absolute Gasteiger partial charge is 0.482 e. The van der Waals surface area contributed by atoms with Crippen LogP contribution in [-0.4, -0.2) is 22.6 Å². The minimum atomic E-state index is -1.02. The zero-order chi connectivity index (χ0) is 20.8. The Hall–Kier alpha value is -3.67. The molecule has 0 saturated carbocycles. The van der Waals surface area contributed by atoms with Crippen LogP contribution in [0.3, 0.4) is 0 Å². The van der Waals surface area contributed by atoms with Crippen molar-refractivity contribution in [3.05, 3.63) is 82.9 Å². The summed E-state index contributed by atoms with van der Waals surface area (Å²) in [5.41, 5.74) is 3.12. The zero-order valence-corrected chi connectivity index (χ0v) is 15.8. The number of carboxylic acid groups (broad SMARTS) is 1. The number of carbonyl (C=O) groups is 2. The number of aliphatic carboxylic acids is 1. The van der Waals surface area contributed by atoms with E-state index in [1.807, 2.05) is 38.1 Å². The van der Waals surface area contributed by atoms with Gasteiger partial charge in [0.25, 0.3) is 5.91 Å². The van der Waals surface area contributed by atoms with Crippen molar-refractivity contribution in [3.63, 3.8) is 0 Å². The molecule has 0 saturated heterocycles. The zero-order valence-electron chi connectivity index (χ0n) is 15.8. The van der Waals surface area contributed by atoms with Gasteiger partial charge >= 0.3 is 5.97 Å². The molecule has 29 heavy (non-hydrogen) atoms. The lowest BCUT2D eigenvalue weighted by atomic mass is 9.91. The number of nitrogens with one attached hydrogen (secondary N) is 1. The first kappa shape index (κ1) is 18.7. The summed E-state index contributed by atoms with van der Waals surface area (Å²) >= 11 is 0. The number of carbonyl (C=O) groups excluding carboxylic acids is 1. The highest BCUT2D eigenvalue weighted by Crippen LogP contribution is 2.44. The van der Waals surface area contributed by atoms with E-state index in [2.05, 4.69) is 5.32 Å². The van der Waals surface area contributed by atoms with Crippen LogP contribution in [0.4, 0.5) is 10.1 Å². The van der Waals surface area contributed by atoms with Crippen molar-refractivity contribution >= 4 is 34.8 Å². The van der Waals surface area contributed by atoms with Crippen molar-refractivity contribution in [3.8, 4) is 0 Å². The maximum atomic E-state index is 13.5. The van der Waals surface area contributed by atoms with Gasteiger partial charge < -0.3 is 15.2 Å². The predicted molar refractivity (Wildman–Crippen MR) is 108 cm³/mol. The maximum absolute atomic E-state index is 13.5. The topological polar surface area (TPSA) is 75.6 Å². The summed E-state index contributed by atoms with van der Waals surface area (Å²) in [7, 11) is 0. The van der Waals surface area contributed by atoms with Gasteiger partial charge in [0.15, 0.2) is 0 Å². The van der Waals surface area contributed by atoms with Crippen LogP contribution in [0.15, 0.2) is 60.4 Å². The quantitative estimate of drug-likeness (QED) is 0.757. The Kier molecular flexibility index (Phi) is 4.34. The molecule has 0 fully saturated rings. The van der Waals surface area contributed by atoms with Crippen molar-refractivity contribution in [1.29, 1.82) is 0 Å². The number of carboxylic acids is 1. The van der Waals surface area contributed by atoms with Crippen LogP contribution < -0.4 is 5.32 Å². The summed E-state index contributed by atoms with van der Waals surface area (Å²) in [6.45, 7) is 3.79. The third kappa shape index (κ3) is 3.45. The molecule has 6 heteroatoms. The van der Waals surface area contributed by atoms with Gasteiger partial charge in [0.2, 0.25) is 0 Å². The molecule has 1 amide bonds. The van der Waals surface area contributed by atoms with E-state index in [9.17, 15) is 14.0 Å². The van der Waals surface area contributed by atoms with E-state index in [0.29, 0.717) is 22.6 Å². The van der Waals surface area contributed by atoms with Gasteiger partial charge in [-0.1, -0.05) is 18.2 Å². The van der Waals surface area contributed by atoms with E-state index in [4.69, 9.17) is 9.84 Å². The highest BCUT2D eigenvalue weighted by molar-refractivity contribution is 6.32. The molecule has 2 aliphatic heterocycles. The van der Waals surface area contributed by atoms with Crippen molar-refractivity contribution in [2.75, 3.05) is 5.32 Å². The average molecular weight is 391 g/mol. The van der Waals surface area contributed by atoms with E-state index < -0.39 is 17.4 Å². The molecule has 0 unspecified atom stereocenters. The Morgan fingerprint density at radius 3 is 2.76 bits per heavy atom. The number of halogens is 1. The van der Waals surface area contributed by atoms with E-state index in [1.54, 1.807) is 12.1 Å². The summed E-state index contributed by atoms with van der Waals surface area (Å²) < 4.78 is 19.6. The summed E-state index contributed by atoms with van der Waals surface area (Å²) in [5, 5.41) is 11.5. The number of rotatable bonds is 3. The number of amides is 1. The van der Waals surface area contributed by atoms with Gasteiger partial charge in [-0.2, -0.15) is 0 Å². The molecule has 2 aromatic rings. The number of hydrogen-bond donors (Lipinski definition) is 2. The van der Waals surface area contributed by atoms with Crippen LogP contribution in [0.1, 0.15) is 30.5 Å². The van der Waals surface area contributed by atoms with Gasteiger partial charge in [-0.05, 0) is 61.4 Å². The lowest BCUT2D eigenvalue weighted by Crippen LogP contribution is -2.21. The highest BCUT2D eigenvalue weighted by Gasteiger charge is 2.38. The molecular weight excluding hydrogens is 373 g/mol. The lowest BCUT2D eigenvalue weighted by Gasteiger charge is -2.23. The molecule has 5 nitrogen and oxygen atoms in total. The fraction of sp³-hybridized carbons (Fsp3) is 0.130. The molecule has 0 atom stereocenters. The van der Waals surface area contributed by atoms with Crippen LogP contribution in [0.5, 0.6) is 0 Å². The Balaban J connectivity index is 1.80. The molecule has 4 rings (SSSR count). The molecule has 2 N–H and O–H groups in total. The number of benzene rings is 2. The van der Waals surface area contributed by atoms with Gasteiger partial charge in [-0.15, -0.1) is 0 Å². The second-order valence-electron chi connectivity index (χ2n) is 7.35. The van der Waals surface area contributed by atoms with Crippen LogP contribution >= 0.6 is 0 Å². The van der Waals surface area contributed by atoms with E-state index in [-0.39, 0.29) is 5.91 Å². The van der Waals surface area contributed by atoms with Crippen LogP contribution in [-0.2, 0) is 14.3 Å². The molecule has 0 radical (unpaired) electrons. The van der Waals surface area contributed by atoms with Gasteiger partial charge in [0, 0.05) is 17.2 Å². The number of fused-ring (bicyclic) bond motifs is 1. The molecule has 0 aromatic heterocycles. The fourth-order valence-electron chi connectivity index (χ4n) is 3.59. The SMILES string of the molecule is CC1(C)OC(=C2C(=O)Nc3cc(F)ccc32)C=C1c1cccc(C=CC(=O)O)c1. The minimum Gasteiger partial charge on any atom is -0.482 e. The molecular formula is C23H18FNO4. The first-order valence-electron chi connectivity index (χ1n) is 9.03. The van der Waals surface area contributed by atoms with Crippen LogP contribution in [0.25, 0.3) is 17.2 Å². The summed E-state index contributed by atoms with van der Waals surface area (Å²) in [5.74, 6) is -1.37. The molecule has 2 heterocycles. The Labute approximate surface area is 166 Å². The monoisotopic (exact) mass is 391 g/mol. The Morgan fingerprint density at radius 1 is 1.21 bits per heavy atom. The number of anilines is 1. The highest BCUT2D eigenvalue weighted by atomic mass is 19.1. The van der Waals surface area contributed by atoms with Crippen molar-refractivity contribution < 1.29 is 23.8 Å². The second-order valence-corrected chi connectivity index (χ2v) is 7.35. The van der Waals surface area contributed by atoms with Gasteiger partial charge in [0.1, 0.15) is 17.2 Å². The summed E-state index contributed by atoms with van der Waals surface area (Å²) in [4.78, 5) is 23.3. The van der Waals surface area contributed by atoms with Crippen molar-refractivity contribution in [2.45, 2.75) is 19.4 Å². The van der Waals surface area contributed by atoms with E-state index in [1.165, 1.54) is 18.2 Å². The normalized spacial score (nSPS) is 19.7. The molecule has 0 bridgehead atoms. The fourth-order valence-corrected chi connectivity index (χ4v) is 3.59. The second kappa shape index (κ2) is 6.74. The van der Waals surface area contributed by atoms with Gasteiger partial charge in [-0.25, -0.2) is 9.18 Å². The predicted octanol–water partition coefficient (Wildman–Crippen LogP) is 4.48. The standard InChI is InChI=1S/C23H18FNO4/c1-23(2)17(14-5-3-4-13(10-14)6-9-20(26)27)12-19(29-23)21-16-8-7-15(24)11-18(16)25-22(21)28/h3-12H,1-2H3,(H,25,28)(H,26,27). The molecule has 146 valence electrons. The lowest BCUT2D eigenvalue weighted by molar-refractivity contribution is -0.131.